The average Bonchev–Trinajstić information content (AvgIpc) is 3.45. The van der Waals surface area contributed by atoms with Crippen molar-refractivity contribution in [2.45, 2.75) is 17.7 Å². The van der Waals surface area contributed by atoms with E-state index in [-0.39, 0.29) is 10.8 Å². The van der Waals surface area contributed by atoms with Gasteiger partial charge in [-0.15, -0.1) is 0 Å². The van der Waals surface area contributed by atoms with Crippen LogP contribution in [0.2, 0.25) is 0 Å². The quantitative estimate of drug-likeness (QED) is 0.632. The van der Waals surface area contributed by atoms with Crippen LogP contribution in [0.1, 0.15) is 12.8 Å². The smallest absolute Gasteiger partial charge is 0.276 e. The van der Waals surface area contributed by atoms with Gasteiger partial charge in [-0.25, -0.2) is 4.83 Å². The van der Waals surface area contributed by atoms with Crippen molar-refractivity contribution in [3.05, 3.63) is 42.5 Å². The van der Waals surface area contributed by atoms with E-state index in [0.717, 1.165) is 18.6 Å². The molecule has 0 saturated heterocycles. The van der Waals surface area contributed by atoms with Crippen molar-refractivity contribution in [2.24, 2.45) is 64.3 Å². The minimum Gasteiger partial charge on any atom is -0.299 e. The molecule has 0 bridgehead atoms. The molecule has 5 fully saturated rings. The molecular formula is C22H22N2O3S. The van der Waals surface area contributed by atoms with E-state index < -0.39 is 10.0 Å². The lowest BCUT2D eigenvalue weighted by atomic mass is 9.83. The highest BCUT2D eigenvalue weighted by atomic mass is 32.2. The summed E-state index contributed by atoms with van der Waals surface area (Å²) in [5.74, 6) is 5.50. The second-order valence-corrected chi connectivity index (χ2v) is 11.3. The monoisotopic (exact) mass is 394 g/mol. The Morgan fingerprint density at radius 3 is 2.32 bits per heavy atom. The summed E-state index contributed by atoms with van der Waals surface area (Å²) >= 11 is 0. The first-order valence-corrected chi connectivity index (χ1v) is 11.9. The number of hydrazone groups is 1. The lowest BCUT2D eigenvalue weighted by Crippen LogP contribution is -2.26. The minimum absolute atomic E-state index is 0.242. The van der Waals surface area contributed by atoms with Crippen molar-refractivity contribution in [3.63, 3.8) is 0 Å². The normalized spacial score (nSPS) is 50.1. The van der Waals surface area contributed by atoms with Gasteiger partial charge >= 0.3 is 0 Å². The number of allylic oxidation sites excluding steroid dienone is 2. The Kier molecular flexibility index (Phi) is 2.82. The molecule has 6 aliphatic carbocycles. The van der Waals surface area contributed by atoms with Crippen LogP contribution in [0.4, 0.5) is 0 Å². The summed E-state index contributed by atoms with van der Waals surface area (Å²) in [6.07, 6.45) is 6.24. The maximum atomic E-state index is 12.7. The summed E-state index contributed by atoms with van der Waals surface area (Å²) in [4.78, 5) is 15.5. The largest absolute Gasteiger partial charge is 0.299 e. The molecular weight excluding hydrogens is 372 g/mol. The summed E-state index contributed by atoms with van der Waals surface area (Å²) in [6.45, 7) is 0. The number of Topliss-reactive ketones (excluding diaryl/α,β-unsaturated/α-hetero) is 1. The number of rotatable bonds is 3. The summed E-state index contributed by atoms with van der Waals surface area (Å²) < 4.78 is 25.2. The van der Waals surface area contributed by atoms with Gasteiger partial charge in [0.05, 0.1) is 4.90 Å². The molecule has 7 rings (SSSR count). The zero-order valence-electron chi connectivity index (χ0n) is 15.3. The summed E-state index contributed by atoms with van der Waals surface area (Å²) in [6, 6.07) is 8.42. The second-order valence-electron chi connectivity index (χ2n) is 9.61. The van der Waals surface area contributed by atoms with Crippen molar-refractivity contribution in [2.75, 3.05) is 0 Å². The number of nitrogens with one attached hydrogen (secondary N) is 1. The van der Waals surface area contributed by atoms with Gasteiger partial charge in [0.15, 0.2) is 0 Å². The first-order chi connectivity index (χ1) is 13.6. The van der Waals surface area contributed by atoms with E-state index >= 15 is 0 Å². The van der Waals surface area contributed by atoms with Gasteiger partial charge in [-0.3, -0.25) is 4.79 Å². The predicted molar refractivity (Wildman–Crippen MR) is 102 cm³/mol. The molecule has 5 saturated carbocycles. The molecule has 6 aliphatic rings. The summed E-state index contributed by atoms with van der Waals surface area (Å²) in [5.41, 5.74) is 1.02. The highest BCUT2D eigenvalue weighted by Crippen LogP contribution is 2.77. The molecule has 6 heteroatoms. The molecule has 0 amide bonds. The zero-order valence-corrected chi connectivity index (χ0v) is 16.1. The molecule has 144 valence electrons. The number of benzene rings is 1. The molecule has 10 atom stereocenters. The molecule has 1 aromatic carbocycles. The molecule has 28 heavy (non-hydrogen) atoms. The van der Waals surface area contributed by atoms with Gasteiger partial charge in [0, 0.05) is 24.0 Å². The van der Waals surface area contributed by atoms with E-state index in [1.165, 1.54) is 0 Å². The van der Waals surface area contributed by atoms with E-state index in [1.807, 2.05) is 0 Å². The number of carbonyl (C=O) groups excluding carboxylic acids is 1. The molecule has 0 aromatic heterocycles. The van der Waals surface area contributed by atoms with Crippen LogP contribution in [0.25, 0.3) is 0 Å². The Hall–Kier alpha value is -1.95. The number of hydrogen-bond donors (Lipinski definition) is 1. The van der Waals surface area contributed by atoms with E-state index in [1.54, 1.807) is 30.3 Å². The molecule has 1 aromatic rings. The molecule has 1 N–H and O–H groups in total. The first kappa shape index (κ1) is 15.9. The van der Waals surface area contributed by atoms with Crippen LogP contribution in [-0.4, -0.2) is 19.9 Å². The number of nitrogens with zero attached hydrogens (tertiary/aromatic N) is 1. The highest BCUT2D eigenvalue weighted by molar-refractivity contribution is 7.89. The lowest BCUT2D eigenvalue weighted by Gasteiger charge is -2.21. The number of sulfonamides is 1. The van der Waals surface area contributed by atoms with Gasteiger partial charge in [-0.2, -0.15) is 13.5 Å². The van der Waals surface area contributed by atoms with Crippen LogP contribution in [0.5, 0.6) is 0 Å². The third kappa shape index (κ3) is 1.69. The van der Waals surface area contributed by atoms with Gasteiger partial charge in [0.1, 0.15) is 5.78 Å². The molecule has 0 spiro atoms. The van der Waals surface area contributed by atoms with E-state index in [9.17, 15) is 13.2 Å². The number of carbonyl (C=O) groups is 1. The Balaban J connectivity index is 1.26. The zero-order chi connectivity index (χ0) is 18.8. The fourth-order valence-corrected chi connectivity index (χ4v) is 9.38. The predicted octanol–water partition coefficient (Wildman–Crippen LogP) is 2.47. The molecule has 0 unspecified atom stereocenters. The maximum absolute atomic E-state index is 12.7. The fourth-order valence-electron chi connectivity index (χ4n) is 8.52. The van der Waals surface area contributed by atoms with Gasteiger partial charge in [-0.05, 0) is 65.9 Å². The number of fused-ring (bicyclic) bond motifs is 3. The molecule has 0 radical (unpaired) electrons. The SMILES string of the molecule is O=C1C[C@@H]2[C@@H]3C/C(=N/NS(=O)(=O)c4ccccc4)[C@H]4[C@H]5C=C[C@@H]6[C@H]1[C@@H]2[C@@H]([C@@H]65)[C@@H]34. The van der Waals surface area contributed by atoms with Gasteiger partial charge in [0.2, 0.25) is 0 Å². The van der Waals surface area contributed by atoms with Crippen LogP contribution < -0.4 is 4.83 Å². The van der Waals surface area contributed by atoms with Crippen molar-refractivity contribution < 1.29 is 13.2 Å². The van der Waals surface area contributed by atoms with Crippen LogP contribution in [-0.2, 0) is 14.8 Å². The summed E-state index contributed by atoms with van der Waals surface area (Å²) in [7, 11) is -3.64. The standard InChI is InChI=1S/C22H22N2O3S/c25-16-9-14-13-8-15(23-24-28(26,27)10-4-2-1-3-5-10)18-11-6-7-12-17(11)22(20(13)18)21(14)19(12)16/h1-7,11-14,17-22,24H,8-9H2/b23-15-/t11-,12-,13-,14+,17+,18+,19+,20-,21+,22-/m0/s1. The second kappa shape index (κ2) is 4.96. The molecule has 0 heterocycles. The van der Waals surface area contributed by atoms with Gasteiger partial charge in [-0.1, -0.05) is 30.4 Å². The van der Waals surface area contributed by atoms with Gasteiger partial charge in [0.25, 0.3) is 10.0 Å². The Morgan fingerprint density at radius 2 is 1.54 bits per heavy atom. The lowest BCUT2D eigenvalue weighted by molar-refractivity contribution is -0.122. The third-order valence-corrected chi connectivity index (χ3v) is 10.2. The van der Waals surface area contributed by atoms with Crippen LogP contribution in [0.3, 0.4) is 0 Å². The maximum Gasteiger partial charge on any atom is 0.276 e. The van der Waals surface area contributed by atoms with Crippen molar-refractivity contribution in [1.82, 2.24) is 4.83 Å². The topological polar surface area (TPSA) is 75.6 Å². The Labute approximate surface area is 164 Å². The van der Waals surface area contributed by atoms with Crippen LogP contribution >= 0.6 is 0 Å². The van der Waals surface area contributed by atoms with Crippen molar-refractivity contribution in [3.8, 4) is 0 Å². The Morgan fingerprint density at radius 1 is 0.857 bits per heavy atom. The van der Waals surface area contributed by atoms with Crippen LogP contribution in [0.15, 0.2) is 52.5 Å². The molecule has 0 aliphatic heterocycles. The van der Waals surface area contributed by atoms with Crippen molar-refractivity contribution >= 4 is 21.5 Å². The fraction of sp³-hybridized carbons (Fsp3) is 0.545. The van der Waals surface area contributed by atoms with E-state index in [0.29, 0.717) is 59.0 Å². The first-order valence-electron chi connectivity index (χ1n) is 10.4. The number of ketones is 1. The molecule has 5 nitrogen and oxygen atoms in total. The summed E-state index contributed by atoms with van der Waals surface area (Å²) in [5, 5.41) is 4.49. The van der Waals surface area contributed by atoms with E-state index in [2.05, 4.69) is 22.1 Å². The highest BCUT2D eigenvalue weighted by Gasteiger charge is 2.76. The van der Waals surface area contributed by atoms with E-state index in [4.69, 9.17) is 0 Å². The van der Waals surface area contributed by atoms with Crippen molar-refractivity contribution in [1.29, 1.82) is 0 Å². The minimum atomic E-state index is -3.64. The average molecular weight is 394 g/mol. The Bertz CT molecular complexity index is 1060. The van der Waals surface area contributed by atoms with Crippen LogP contribution in [0, 0.1) is 59.2 Å². The number of hydrogen-bond acceptors (Lipinski definition) is 4. The third-order valence-electron chi connectivity index (χ3n) is 8.98. The van der Waals surface area contributed by atoms with Gasteiger partial charge < -0.3 is 0 Å².